The molecule has 1 aromatic rings. The van der Waals surface area contributed by atoms with Crippen molar-refractivity contribution in [2.45, 2.75) is 23.8 Å². The number of piperazine rings is 1. The summed E-state index contributed by atoms with van der Waals surface area (Å²) in [4.78, 5) is 2.52. The zero-order valence-corrected chi connectivity index (χ0v) is 13.1. The average molecular weight is 326 g/mol. The number of nitrogens with zero attached hydrogens (tertiary/aromatic N) is 3. The molecule has 0 aliphatic carbocycles. The number of rotatable bonds is 2. The van der Waals surface area contributed by atoms with Gasteiger partial charge in [0.05, 0.1) is 15.5 Å². The lowest BCUT2D eigenvalue weighted by Crippen LogP contribution is -2.51. The summed E-state index contributed by atoms with van der Waals surface area (Å²) in [6.07, 6.45) is 2.20. The molecule has 0 spiro atoms. The minimum absolute atomic E-state index is 0.165. The maximum absolute atomic E-state index is 12.7. The smallest absolute Gasteiger partial charge is 0.243 e. The van der Waals surface area contributed by atoms with Gasteiger partial charge in [-0.1, -0.05) is 11.6 Å². The van der Waals surface area contributed by atoms with E-state index in [0.717, 1.165) is 25.9 Å². The Balaban J connectivity index is 1.87. The lowest BCUT2D eigenvalue weighted by molar-refractivity contribution is 0.158. The molecule has 0 radical (unpaired) electrons. The fourth-order valence-electron chi connectivity index (χ4n) is 3.08. The van der Waals surface area contributed by atoms with Gasteiger partial charge in [0.2, 0.25) is 10.0 Å². The molecule has 5 nitrogen and oxygen atoms in total. The van der Waals surface area contributed by atoms with Crippen molar-refractivity contribution in [3.8, 4) is 6.07 Å². The van der Waals surface area contributed by atoms with Crippen molar-refractivity contribution in [1.82, 2.24) is 9.21 Å². The SMILES string of the molecule is N#Cc1ccc(S(=O)(=O)N2CCN3CCC[C@H]3C2)cc1Cl. The molecule has 1 atom stereocenters. The summed E-state index contributed by atoms with van der Waals surface area (Å²) in [6, 6.07) is 6.56. The van der Waals surface area contributed by atoms with E-state index in [1.165, 1.54) is 22.5 Å². The molecular formula is C14H16ClN3O2S. The van der Waals surface area contributed by atoms with Crippen LogP contribution in [0.1, 0.15) is 18.4 Å². The van der Waals surface area contributed by atoms with E-state index in [9.17, 15) is 8.42 Å². The minimum Gasteiger partial charge on any atom is -0.298 e. The number of hydrogen-bond donors (Lipinski definition) is 0. The van der Waals surface area contributed by atoms with Crippen LogP contribution in [-0.2, 0) is 10.0 Å². The van der Waals surface area contributed by atoms with E-state index in [1.807, 2.05) is 6.07 Å². The molecule has 2 fully saturated rings. The molecule has 3 rings (SSSR count). The van der Waals surface area contributed by atoms with E-state index >= 15 is 0 Å². The number of benzene rings is 1. The summed E-state index contributed by atoms with van der Waals surface area (Å²) in [5.74, 6) is 0. The predicted octanol–water partition coefficient (Wildman–Crippen LogP) is 1.68. The fourth-order valence-corrected chi connectivity index (χ4v) is 4.86. The Bertz CT molecular complexity index is 699. The van der Waals surface area contributed by atoms with Crippen LogP contribution in [0.25, 0.3) is 0 Å². The molecule has 2 aliphatic heterocycles. The number of hydrogen-bond acceptors (Lipinski definition) is 4. The van der Waals surface area contributed by atoms with Gasteiger partial charge in [-0.25, -0.2) is 8.42 Å². The Morgan fingerprint density at radius 1 is 1.29 bits per heavy atom. The van der Waals surface area contributed by atoms with Gasteiger partial charge in [0, 0.05) is 25.7 Å². The second-order valence-electron chi connectivity index (χ2n) is 5.45. The first-order valence-electron chi connectivity index (χ1n) is 6.96. The van der Waals surface area contributed by atoms with Crippen LogP contribution in [0.3, 0.4) is 0 Å². The molecule has 0 N–H and O–H groups in total. The third kappa shape index (κ3) is 2.67. The summed E-state index contributed by atoms with van der Waals surface area (Å²) >= 11 is 5.95. The molecule has 0 aromatic heterocycles. The monoisotopic (exact) mass is 325 g/mol. The van der Waals surface area contributed by atoms with Gasteiger partial charge in [-0.05, 0) is 37.6 Å². The third-order valence-electron chi connectivity index (χ3n) is 4.25. The normalized spacial score (nSPS) is 23.7. The van der Waals surface area contributed by atoms with Crippen molar-refractivity contribution in [3.63, 3.8) is 0 Å². The molecule has 0 saturated carbocycles. The van der Waals surface area contributed by atoms with Crippen LogP contribution in [0.2, 0.25) is 5.02 Å². The van der Waals surface area contributed by atoms with Crippen molar-refractivity contribution < 1.29 is 8.42 Å². The summed E-state index contributed by atoms with van der Waals surface area (Å²) in [5.41, 5.74) is 0.288. The molecular weight excluding hydrogens is 310 g/mol. The summed E-state index contributed by atoms with van der Waals surface area (Å²) in [7, 11) is -3.54. The lowest BCUT2D eigenvalue weighted by Gasteiger charge is -2.36. The predicted molar refractivity (Wildman–Crippen MR) is 79.5 cm³/mol. The Hall–Kier alpha value is -1.13. The number of nitriles is 1. The molecule has 0 unspecified atom stereocenters. The largest absolute Gasteiger partial charge is 0.298 e. The standard InChI is InChI=1S/C14H16ClN3O2S/c15-14-8-13(4-3-11(14)9-16)21(19,20)18-7-6-17-5-1-2-12(17)10-18/h3-4,8,12H,1-2,5-7,10H2/t12-/m0/s1. The highest BCUT2D eigenvalue weighted by Gasteiger charge is 2.36. The number of sulfonamides is 1. The molecule has 0 bridgehead atoms. The molecule has 112 valence electrons. The van der Waals surface area contributed by atoms with Crippen molar-refractivity contribution in [2.75, 3.05) is 26.2 Å². The van der Waals surface area contributed by atoms with Gasteiger partial charge >= 0.3 is 0 Å². The Labute approximate surface area is 129 Å². The van der Waals surface area contributed by atoms with Gasteiger partial charge in [0.15, 0.2) is 0 Å². The van der Waals surface area contributed by atoms with E-state index in [4.69, 9.17) is 16.9 Å². The van der Waals surface area contributed by atoms with Crippen molar-refractivity contribution in [2.24, 2.45) is 0 Å². The molecule has 2 saturated heterocycles. The minimum atomic E-state index is -3.54. The van der Waals surface area contributed by atoms with Crippen LogP contribution in [0.15, 0.2) is 23.1 Å². The summed E-state index contributed by atoms with van der Waals surface area (Å²) < 4.78 is 26.9. The molecule has 0 amide bonds. The van der Waals surface area contributed by atoms with E-state index < -0.39 is 10.0 Å². The third-order valence-corrected chi connectivity index (χ3v) is 6.42. The summed E-state index contributed by atoms with van der Waals surface area (Å²) in [6.45, 7) is 2.91. The van der Waals surface area contributed by atoms with Gasteiger partial charge in [0.25, 0.3) is 0 Å². The maximum Gasteiger partial charge on any atom is 0.243 e. The van der Waals surface area contributed by atoms with Gasteiger partial charge < -0.3 is 0 Å². The molecule has 2 heterocycles. The van der Waals surface area contributed by atoms with Crippen LogP contribution in [0.5, 0.6) is 0 Å². The highest BCUT2D eigenvalue weighted by molar-refractivity contribution is 7.89. The van der Waals surface area contributed by atoms with Gasteiger partial charge in [-0.15, -0.1) is 0 Å². The number of fused-ring (bicyclic) bond motifs is 1. The number of halogens is 1. The summed E-state index contributed by atoms with van der Waals surface area (Å²) in [5, 5.41) is 9.04. The van der Waals surface area contributed by atoms with Crippen molar-refractivity contribution in [3.05, 3.63) is 28.8 Å². The Morgan fingerprint density at radius 3 is 2.81 bits per heavy atom. The highest BCUT2D eigenvalue weighted by Crippen LogP contribution is 2.27. The first kappa shape index (κ1) is 14.8. The zero-order chi connectivity index (χ0) is 15.0. The van der Waals surface area contributed by atoms with Crippen LogP contribution in [0, 0.1) is 11.3 Å². The topological polar surface area (TPSA) is 64.4 Å². The van der Waals surface area contributed by atoms with E-state index in [0.29, 0.717) is 19.1 Å². The Morgan fingerprint density at radius 2 is 2.10 bits per heavy atom. The van der Waals surface area contributed by atoms with E-state index in [2.05, 4.69) is 4.90 Å². The quantitative estimate of drug-likeness (QED) is 0.830. The van der Waals surface area contributed by atoms with Crippen molar-refractivity contribution in [1.29, 1.82) is 5.26 Å². The van der Waals surface area contributed by atoms with Crippen LogP contribution >= 0.6 is 11.6 Å². The van der Waals surface area contributed by atoms with Gasteiger partial charge in [0.1, 0.15) is 6.07 Å². The van der Waals surface area contributed by atoms with E-state index in [-0.39, 0.29) is 15.5 Å². The highest BCUT2D eigenvalue weighted by atomic mass is 35.5. The van der Waals surface area contributed by atoms with E-state index in [1.54, 1.807) is 0 Å². The molecule has 21 heavy (non-hydrogen) atoms. The van der Waals surface area contributed by atoms with Gasteiger partial charge in [-0.2, -0.15) is 9.57 Å². The molecule has 7 heteroatoms. The van der Waals surface area contributed by atoms with Gasteiger partial charge in [-0.3, -0.25) is 4.90 Å². The maximum atomic E-state index is 12.7. The zero-order valence-electron chi connectivity index (χ0n) is 11.5. The van der Waals surface area contributed by atoms with Crippen LogP contribution in [-0.4, -0.2) is 49.8 Å². The second kappa shape index (κ2) is 5.58. The van der Waals surface area contributed by atoms with Crippen LogP contribution < -0.4 is 0 Å². The average Bonchev–Trinajstić information content (AvgIpc) is 2.94. The van der Waals surface area contributed by atoms with Crippen molar-refractivity contribution >= 4 is 21.6 Å². The second-order valence-corrected chi connectivity index (χ2v) is 7.79. The first-order valence-corrected chi connectivity index (χ1v) is 8.78. The Kier molecular flexibility index (Phi) is 3.93. The van der Waals surface area contributed by atoms with Crippen LogP contribution in [0.4, 0.5) is 0 Å². The first-order chi connectivity index (χ1) is 10.0. The lowest BCUT2D eigenvalue weighted by atomic mass is 10.2. The molecule has 1 aromatic carbocycles. The fraction of sp³-hybridized carbons (Fsp3) is 0.500. The molecule has 2 aliphatic rings.